The summed E-state index contributed by atoms with van der Waals surface area (Å²) >= 11 is 0. The van der Waals surface area contributed by atoms with Crippen LogP contribution >= 0.6 is 0 Å². The molecule has 176 valence electrons. The van der Waals surface area contributed by atoms with E-state index in [1.54, 1.807) is 43.3 Å². The predicted octanol–water partition coefficient (Wildman–Crippen LogP) is 3.79. The minimum Gasteiger partial charge on any atom is -0.506 e. The van der Waals surface area contributed by atoms with Crippen LogP contribution in [0.15, 0.2) is 77.0 Å². The number of nitrogens with one attached hydrogen (secondary N) is 1. The summed E-state index contributed by atoms with van der Waals surface area (Å²) in [5.41, 5.74) is 9.62. The molecule has 1 heterocycles. The molecule has 4 aromatic rings. The fourth-order valence-corrected chi connectivity index (χ4v) is 3.22. The van der Waals surface area contributed by atoms with Gasteiger partial charge in [-0.3, -0.25) is 4.79 Å². The number of carbonyl (C=O) groups excluding carboxylic acids is 1. The van der Waals surface area contributed by atoms with Gasteiger partial charge in [0.25, 0.3) is 5.91 Å². The summed E-state index contributed by atoms with van der Waals surface area (Å²) in [4.78, 5) is 12.5. The standard InChI is InChI=1S/C25H24N8O2/c1-16-28-32-24(33-29-16)19-5-2-18(3-6-19)15-27-25(35)20-7-9-21(10-8-20)30-31-22-11-4-17(12-13-26)14-23(22)34/h2-11,14,34H,12-13,15,26H2,1H3,(H,27,35). The predicted molar refractivity (Wildman–Crippen MR) is 130 cm³/mol. The number of hydrogen-bond acceptors (Lipinski definition) is 9. The highest BCUT2D eigenvalue weighted by molar-refractivity contribution is 5.94. The van der Waals surface area contributed by atoms with Crippen LogP contribution in [0.2, 0.25) is 0 Å². The van der Waals surface area contributed by atoms with E-state index in [4.69, 9.17) is 5.73 Å². The molecule has 1 amide bonds. The molecule has 0 aliphatic carbocycles. The fourth-order valence-electron chi connectivity index (χ4n) is 3.22. The first kappa shape index (κ1) is 23.6. The van der Waals surface area contributed by atoms with Crippen LogP contribution in [0.5, 0.6) is 5.75 Å². The minimum absolute atomic E-state index is 0.0449. The molecule has 0 atom stereocenters. The van der Waals surface area contributed by atoms with Gasteiger partial charge in [-0.25, -0.2) is 0 Å². The van der Waals surface area contributed by atoms with Gasteiger partial charge >= 0.3 is 0 Å². The summed E-state index contributed by atoms with van der Waals surface area (Å²) in [6.07, 6.45) is 0.678. The summed E-state index contributed by atoms with van der Waals surface area (Å²) in [5.74, 6) is 0.795. The van der Waals surface area contributed by atoms with Gasteiger partial charge in [0, 0.05) is 17.7 Å². The van der Waals surface area contributed by atoms with Gasteiger partial charge in [0.15, 0.2) is 5.82 Å². The van der Waals surface area contributed by atoms with Crippen molar-refractivity contribution in [2.75, 3.05) is 6.54 Å². The highest BCUT2D eigenvalue weighted by atomic mass is 16.3. The van der Waals surface area contributed by atoms with Crippen molar-refractivity contribution < 1.29 is 9.90 Å². The lowest BCUT2D eigenvalue weighted by molar-refractivity contribution is 0.0951. The molecular weight excluding hydrogens is 444 g/mol. The molecule has 0 spiro atoms. The molecule has 0 radical (unpaired) electrons. The molecule has 10 heteroatoms. The number of carbonyl (C=O) groups is 1. The normalized spacial score (nSPS) is 11.0. The highest BCUT2D eigenvalue weighted by Crippen LogP contribution is 2.29. The van der Waals surface area contributed by atoms with Crippen LogP contribution in [0, 0.1) is 6.92 Å². The summed E-state index contributed by atoms with van der Waals surface area (Å²) in [6, 6.07) is 19.4. The molecule has 35 heavy (non-hydrogen) atoms. The van der Waals surface area contributed by atoms with Crippen molar-refractivity contribution in [1.82, 2.24) is 25.7 Å². The van der Waals surface area contributed by atoms with Gasteiger partial charge in [0.05, 0.1) is 5.69 Å². The lowest BCUT2D eigenvalue weighted by Crippen LogP contribution is -2.22. The summed E-state index contributed by atoms with van der Waals surface area (Å²) in [5, 5.41) is 37.1. The molecule has 0 unspecified atom stereocenters. The Bertz CT molecular complexity index is 1320. The van der Waals surface area contributed by atoms with Crippen LogP contribution < -0.4 is 11.1 Å². The maximum absolute atomic E-state index is 12.5. The van der Waals surface area contributed by atoms with Gasteiger partial charge in [-0.05, 0) is 67.4 Å². The van der Waals surface area contributed by atoms with Crippen molar-refractivity contribution in [2.45, 2.75) is 19.9 Å². The Kier molecular flexibility index (Phi) is 7.44. The van der Waals surface area contributed by atoms with Gasteiger partial charge in [0.2, 0.25) is 5.82 Å². The topological polar surface area (TPSA) is 152 Å². The first-order valence-corrected chi connectivity index (χ1v) is 11.0. The van der Waals surface area contributed by atoms with Crippen LogP contribution in [0.25, 0.3) is 11.4 Å². The van der Waals surface area contributed by atoms with Crippen molar-refractivity contribution in [3.63, 3.8) is 0 Å². The lowest BCUT2D eigenvalue weighted by Gasteiger charge is -2.06. The smallest absolute Gasteiger partial charge is 0.251 e. The highest BCUT2D eigenvalue weighted by Gasteiger charge is 2.07. The van der Waals surface area contributed by atoms with Crippen LogP contribution in [-0.2, 0) is 13.0 Å². The number of rotatable bonds is 8. The Morgan fingerprint density at radius 1 is 0.914 bits per heavy atom. The summed E-state index contributed by atoms with van der Waals surface area (Å²) < 4.78 is 0. The number of aromatic nitrogens is 4. The number of phenolic OH excluding ortho intramolecular Hbond substituents is 1. The average Bonchev–Trinajstić information content (AvgIpc) is 2.88. The minimum atomic E-state index is -0.207. The molecule has 4 N–H and O–H groups in total. The second kappa shape index (κ2) is 11.0. The zero-order chi connectivity index (χ0) is 24.6. The number of nitrogens with zero attached hydrogens (tertiary/aromatic N) is 6. The van der Waals surface area contributed by atoms with E-state index in [0.717, 1.165) is 16.7 Å². The van der Waals surface area contributed by atoms with E-state index >= 15 is 0 Å². The summed E-state index contributed by atoms with van der Waals surface area (Å²) in [6.45, 7) is 2.60. The van der Waals surface area contributed by atoms with Crippen molar-refractivity contribution in [2.24, 2.45) is 16.0 Å². The van der Waals surface area contributed by atoms with Crippen LogP contribution in [0.4, 0.5) is 11.4 Å². The fraction of sp³-hybridized carbons (Fsp3) is 0.160. The third-order valence-corrected chi connectivity index (χ3v) is 5.12. The monoisotopic (exact) mass is 468 g/mol. The molecular formula is C25H24N8O2. The Hall–Kier alpha value is -4.57. The maximum atomic E-state index is 12.5. The van der Waals surface area contributed by atoms with E-state index in [9.17, 15) is 9.90 Å². The number of aromatic hydroxyl groups is 1. The maximum Gasteiger partial charge on any atom is 0.251 e. The number of aryl methyl sites for hydroxylation is 1. The van der Waals surface area contributed by atoms with E-state index in [0.29, 0.717) is 48.1 Å². The van der Waals surface area contributed by atoms with E-state index in [-0.39, 0.29) is 11.7 Å². The van der Waals surface area contributed by atoms with E-state index in [1.165, 1.54) is 0 Å². The molecule has 0 fully saturated rings. The number of azo groups is 1. The zero-order valence-corrected chi connectivity index (χ0v) is 19.1. The van der Waals surface area contributed by atoms with Crippen LogP contribution in [-0.4, -0.2) is 38.0 Å². The molecule has 1 aromatic heterocycles. The van der Waals surface area contributed by atoms with Crippen molar-refractivity contribution in [1.29, 1.82) is 0 Å². The quantitative estimate of drug-likeness (QED) is 0.333. The molecule has 3 aromatic carbocycles. The van der Waals surface area contributed by atoms with Gasteiger partial charge < -0.3 is 16.2 Å². The van der Waals surface area contributed by atoms with Crippen LogP contribution in [0.3, 0.4) is 0 Å². The molecule has 0 saturated carbocycles. The number of phenols is 1. The van der Waals surface area contributed by atoms with Crippen molar-refractivity contribution >= 4 is 17.3 Å². The number of nitrogens with two attached hydrogens (primary N) is 1. The molecule has 0 bridgehead atoms. The van der Waals surface area contributed by atoms with Crippen molar-refractivity contribution in [3.05, 3.63) is 89.2 Å². The van der Waals surface area contributed by atoms with Gasteiger partial charge in [-0.1, -0.05) is 30.3 Å². The van der Waals surface area contributed by atoms with E-state index < -0.39 is 0 Å². The van der Waals surface area contributed by atoms with Gasteiger partial charge in [0.1, 0.15) is 11.4 Å². The second-order valence-electron chi connectivity index (χ2n) is 7.76. The molecule has 0 aliphatic heterocycles. The third-order valence-electron chi connectivity index (χ3n) is 5.12. The average molecular weight is 469 g/mol. The van der Waals surface area contributed by atoms with Gasteiger partial charge in [-0.2, -0.15) is 5.11 Å². The molecule has 4 rings (SSSR count). The second-order valence-corrected chi connectivity index (χ2v) is 7.76. The van der Waals surface area contributed by atoms with Crippen LogP contribution in [0.1, 0.15) is 27.3 Å². The number of benzene rings is 3. The number of hydrogen-bond donors (Lipinski definition) is 3. The molecule has 10 nitrogen and oxygen atoms in total. The Morgan fingerprint density at radius 3 is 2.26 bits per heavy atom. The summed E-state index contributed by atoms with van der Waals surface area (Å²) in [7, 11) is 0. The van der Waals surface area contributed by atoms with E-state index in [1.807, 2.05) is 30.3 Å². The Morgan fingerprint density at radius 2 is 1.60 bits per heavy atom. The Balaban J connectivity index is 1.32. The number of amides is 1. The molecule has 0 aliphatic rings. The van der Waals surface area contributed by atoms with E-state index in [2.05, 4.69) is 35.9 Å². The third kappa shape index (κ3) is 6.27. The van der Waals surface area contributed by atoms with Crippen molar-refractivity contribution in [3.8, 4) is 17.1 Å². The SMILES string of the molecule is Cc1nnc(-c2ccc(CNC(=O)c3ccc(N=Nc4ccc(CCN)cc4O)cc3)cc2)nn1. The molecule has 0 saturated heterocycles. The largest absolute Gasteiger partial charge is 0.506 e. The first-order valence-electron chi connectivity index (χ1n) is 11.0. The first-order chi connectivity index (χ1) is 17.0. The Labute approximate surface area is 202 Å². The van der Waals surface area contributed by atoms with Gasteiger partial charge in [-0.15, -0.1) is 25.5 Å². The lowest BCUT2D eigenvalue weighted by atomic mass is 10.1. The zero-order valence-electron chi connectivity index (χ0n) is 19.1.